The third-order valence-electron chi connectivity index (χ3n) is 9.26. The molecule has 2 aliphatic heterocycles. The first-order valence-electron chi connectivity index (χ1n) is 18.3. The van der Waals surface area contributed by atoms with Crippen LogP contribution >= 0.6 is 23.5 Å². The fraction of sp³-hybridized carbons (Fsp3) is 0.469. The van der Waals surface area contributed by atoms with E-state index in [9.17, 15) is 78.5 Å². The second-order valence-corrected chi connectivity index (χ2v) is 18.3. The summed E-state index contributed by atoms with van der Waals surface area (Å²) in [4.78, 5) is 81.0. The van der Waals surface area contributed by atoms with Gasteiger partial charge in [-0.2, -0.15) is 4.31 Å². The number of hydrogen-bond acceptors (Lipinski definition) is 22. The molecule has 3 heterocycles. The zero-order valence-corrected chi connectivity index (χ0v) is 35.4. The van der Waals surface area contributed by atoms with Gasteiger partial charge in [-0.15, -0.1) is 0 Å². The average Bonchev–Trinajstić information content (AvgIpc) is 3.50. The van der Waals surface area contributed by atoms with Crippen molar-refractivity contribution in [2.75, 3.05) is 19.8 Å². The first kappa shape index (κ1) is 50.5. The summed E-state index contributed by atoms with van der Waals surface area (Å²) in [7, 11) is -17.1. The van der Waals surface area contributed by atoms with Gasteiger partial charge < -0.3 is 45.0 Å². The largest absolute Gasteiger partial charge is 0.484 e. The van der Waals surface area contributed by atoms with Crippen molar-refractivity contribution >= 4 is 40.8 Å². The molecule has 12 atom stereocenters. The minimum atomic E-state index is -6.04. The van der Waals surface area contributed by atoms with Gasteiger partial charge in [-0.1, -0.05) is 24.3 Å². The molecule has 2 saturated heterocycles. The van der Waals surface area contributed by atoms with E-state index in [1.54, 1.807) is 0 Å². The molecule has 1 amide bonds. The SMILES string of the molecule is CC(=O)NC[C@H]1[C@@H](OP(=O)(O)OP(=O)(OCc2ccccc2[N+](=O)[O-])OC[C@@H]2O[C@H](n3ccc(=O)[nH]c3=O)[C@@H](O)[C@H]2O)O[C@H](CO)[C@@H](O)[C@@H]1OP(=O)(O)OCc1ccccc1[N+](=O)[O-]. The molecule has 2 fully saturated rings. The van der Waals surface area contributed by atoms with Gasteiger partial charge in [0.15, 0.2) is 12.5 Å². The van der Waals surface area contributed by atoms with Crippen molar-refractivity contribution in [1.29, 1.82) is 0 Å². The molecule has 29 nitrogen and oxygen atoms in total. The number of nitro groups is 2. The van der Waals surface area contributed by atoms with E-state index in [0.717, 1.165) is 37.4 Å². The van der Waals surface area contributed by atoms with Gasteiger partial charge in [-0.3, -0.25) is 62.0 Å². The maximum Gasteiger partial charge on any atom is 0.484 e. The number of nitrogens with zero attached hydrogens (tertiary/aromatic N) is 3. The molecule has 64 heavy (non-hydrogen) atoms. The van der Waals surface area contributed by atoms with Crippen LogP contribution in [-0.4, -0.2) is 118 Å². The van der Waals surface area contributed by atoms with Crippen molar-refractivity contribution in [3.05, 3.63) is 113 Å². The van der Waals surface area contributed by atoms with Gasteiger partial charge in [0, 0.05) is 37.9 Å². The van der Waals surface area contributed by atoms with Crippen molar-refractivity contribution in [2.24, 2.45) is 5.92 Å². The number of hydrogen-bond donors (Lipinski definition) is 8. The Bertz CT molecular complexity index is 2440. The van der Waals surface area contributed by atoms with E-state index >= 15 is 0 Å². The third-order valence-corrected chi connectivity index (χ3v) is 13.2. The van der Waals surface area contributed by atoms with Crippen LogP contribution in [0.2, 0.25) is 0 Å². The summed E-state index contributed by atoms with van der Waals surface area (Å²) in [6.45, 7) is -4.01. The predicted octanol–water partition coefficient (Wildman–Crippen LogP) is -0.0199. The van der Waals surface area contributed by atoms with Crippen molar-refractivity contribution in [1.82, 2.24) is 14.9 Å². The van der Waals surface area contributed by atoms with E-state index in [1.807, 2.05) is 4.98 Å². The lowest BCUT2D eigenvalue weighted by Gasteiger charge is -2.44. The fourth-order valence-corrected chi connectivity index (χ4v) is 9.86. The summed E-state index contributed by atoms with van der Waals surface area (Å²) in [5.74, 6) is -2.62. The molecule has 2 aliphatic rings. The Morgan fingerprint density at radius 1 is 0.828 bits per heavy atom. The van der Waals surface area contributed by atoms with Crippen LogP contribution in [0.25, 0.3) is 0 Å². The Balaban J connectivity index is 1.41. The lowest BCUT2D eigenvalue weighted by molar-refractivity contribution is -0.386. The van der Waals surface area contributed by atoms with Gasteiger partial charge in [-0.05, 0) is 12.1 Å². The Kier molecular flexibility index (Phi) is 16.8. The van der Waals surface area contributed by atoms with Gasteiger partial charge >= 0.3 is 29.2 Å². The number of amides is 1. The smallest absolute Gasteiger partial charge is 0.394 e. The fourth-order valence-electron chi connectivity index (χ4n) is 6.20. The van der Waals surface area contributed by atoms with Crippen LogP contribution in [-0.2, 0) is 68.1 Å². The zero-order chi connectivity index (χ0) is 47.1. The number of carbonyl (C=O) groups excluding carboxylic acids is 1. The Labute approximate surface area is 358 Å². The highest BCUT2D eigenvalue weighted by molar-refractivity contribution is 7.61. The average molecular weight is 972 g/mol. The predicted molar refractivity (Wildman–Crippen MR) is 207 cm³/mol. The van der Waals surface area contributed by atoms with Crippen molar-refractivity contribution < 1.29 is 95.0 Å². The highest BCUT2D eigenvalue weighted by Crippen LogP contribution is 2.65. The molecule has 0 aliphatic carbocycles. The number of nitro benzene ring substituents is 2. The van der Waals surface area contributed by atoms with E-state index in [2.05, 4.69) is 5.32 Å². The molecular formula is C32H40N5O24P3. The second-order valence-electron chi connectivity index (χ2n) is 13.6. The number of nitrogens with one attached hydrogen (secondary N) is 2. The molecule has 0 saturated carbocycles. The number of phosphoric acid groups is 3. The minimum Gasteiger partial charge on any atom is -0.394 e. The number of ether oxygens (including phenoxy) is 2. The van der Waals surface area contributed by atoms with Gasteiger partial charge in [0.05, 0.1) is 53.3 Å². The van der Waals surface area contributed by atoms with Crippen LogP contribution in [0, 0.1) is 26.1 Å². The number of aliphatic hydroxyl groups is 4. The highest BCUT2D eigenvalue weighted by Gasteiger charge is 2.53. The maximum atomic E-state index is 14.2. The summed E-state index contributed by atoms with van der Waals surface area (Å²) in [6.07, 6.45) is -14.8. The van der Waals surface area contributed by atoms with Crippen molar-refractivity contribution in [2.45, 2.75) is 69.3 Å². The molecule has 3 unspecified atom stereocenters. The van der Waals surface area contributed by atoms with Crippen LogP contribution in [0.1, 0.15) is 24.3 Å². The normalized spacial score (nSPS) is 27.5. The Morgan fingerprint density at radius 3 is 1.98 bits per heavy atom. The van der Waals surface area contributed by atoms with E-state index in [0.29, 0.717) is 4.57 Å². The van der Waals surface area contributed by atoms with Crippen molar-refractivity contribution in [3.8, 4) is 0 Å². The number of aromatic amines is 1. The summed E-state index contributed by atoms with van der Waals surface area (Å²) < 4.78 is 83.4. The molecule has 32 heteroatoms. The topological polar surface area (TPSA) is 417 Å². The van der Waals surface area contributed by atoms with Gasteiger partial charge in [0.1, 0.15) is 36.6 Å². The summed E-state index contributed by atoms with van der Waals surface area (Å²) in [6, 6.07) is 10.6. The summed E-state index contributed by atoms with van der Waals surface area (Å²) >= 11 is 0. The number of para-hydroxylation sites is 2. The van der Waals surface area contributed by atoms with Gasteiger partial charge in [0.2, 0.25) is 5.91 Å². The quantitative estimate of drug-likeness (QED) is 0.0395. The van der Waals surface area contributed by atoms with E-state index < -0.39 is 150 Å². The third kappa shape index (κ3) is 12.9. The van der Waals surface area contributed by atoms with Crippen LogP contribution in [0.15, 0.2) is 70.4 Å². The van der Waals surface area contributed by atoms with Crippen LogP contribution in [0.4, 0.5) is 11.4 Å². The standard InChI is InChI=1S/C32H40N5O24P3/c1-17(39)33-12-20-29(59-62(49,50)54-14-18-6-2-4-8-21(18)36(45)46)27(42)23(13-38)58-31(20)60-63(51,52)61-64(53,55-15-19-7-3-5-9-22(19)37(47)48)56-16-24-26(41)28(43)30(57-24)35-11-10-25(40)34-32(35)44/h2-11,20,23-24,26-31,38,41-43H,12-16H2,1H3,(H,33,39)(H,49,50)(H,51,52)(H,34,40,44)/t20-,23-,24+,26+,27-,28+,29-,30+,31-,64?/m1/s1. The Hall–Kier alpha value is -4.48. The maximum absolute atomic E-state index is 14.2. The van der Waals surface area contributed by atoms with Crippen LogP contribution < -0.4 is 16.6 Å². The molecule has 0 bridgehead atoms. The molecule has 0 spiro atoms. The van der Waals surface area contributed by atoms with Crippen LogP contribution in [0.3, 0.4) is 0 Å². The number of rotatable bonds is 21. The molecular weight excluding hydrogens is 931 g/mol. The van der Waals surface area contributed by atoms with Gasteiger partial charge in [0.25, 0.3) is 16.9 Å². The number of aromatic nitrogens is 2. The molecule has 352 valence electrons. The number of benzene rings is 2. The molecule has 0 radical (unpaired) electrons. The highest BCUT2D eigenvalue weighted by atomic mass is 31.3. The summed E-state index contributed by atoms with van der Waals surface area (Å²) in [5.41, 5.74) is -3.47. The first-order chi connectivity index (χ1) is 30.0. The molecule has 3 aromatic rings. The molecule has 1 aromatic heterocycles. The first-order valence-corrected chi connectivity index (χ1v) is 22.7. The lowest BCUT2D eigenvalue weighted by atomic mass is 9.91. The van der Waals surface area contributed by atoms with E-state index in [1.165, 1.54) is 30.3 Å². The minimum absolute atomic E-state index is 0.189. The summed E-state index contributed by atoms with van der Waals surface area (Å²) in [5, 5.41) is 67.8. The zero-order valence-electron chi connectivity index (χ0n) is 32.7. The molecule has 8 N–H and O–H groups in total. The number of carbonyl (C=O) groups is 1. The second kappa shape index (κ2) is 21.2. The van der Waals surface area contributed by atoms with Crippen LogP contribution in [0.5, 0.6) is 0 Å². The number of phosphoric ester groups is 3. The Morgan fingerprint density at radius 2 is 1.42 bits per heavy atom. The van der Waals surface area contributed by atoms with Crippen molar-refractivity contribution in [3.63, 3.8) is 0 Å². The van der Waals surface area contributed by atoms with E-state index in [-0.39, 0.29) is 11.1 Å². The van der Waals surface area contributed by atoms with Gasteiger partial charge in [-0.25, -0.2) is 18.5 Å². The number of aliphatic hydroxyl groups excluding tert-OH is 4. The lowest BCUT2D eigenvalue weighted by Crippen LogP contribution is -2.59. The van der Waals surface area contributed by atoms with E-state index in [4.69, 9.17) is 36.4 Å². The molecule has 2 aromatic carbocycles. The molecule has 5 rings (SSSR count). The number of H-pyrrole nitrogens is 1. The monoisotopic (exact) mass is 971 g/mol.